The molecule has 1 amide bonds. The summed E-state index contributed by atoms with van der Waals surface area (Å²) in [5.41, 5.74) is 1.42. The normalized spacial score (nSPS) is 11.0. The molecule has 0 aliphatic carbocycles. The van der Waals surface area contributed by atoms with Gasteiger partial charge in [0.25, 0.3) is 5.91 Å². The Morgan fingerprint density at radius 3 is 2.50 bits per heavy atom. The van der Waals surface area contributed by atoms with E-state index in [1.165, 1.54) is 13.4 Å². The highest BCUT2D eigenvalue weighted by atomic mass is 35.5. The maximum Gasteiger partial charge on any atom is 0.294 e. The molecule has 0 aliphatic rings. The molecule has 22 heavy (non-hydrogen) atoms. The summed E-state index contributed by atoms with van der Waals surface area (Å²) in [5.74, 6) is 0.176. The number of carbonyl (C=O) groups excluding carboxylic acids is 1. The summed E-state index contributed by atoms with van der Waals surface area (Å²) < 4.78 is 10.6. The number of para-hydroxylation sites is 2. The number of halogens is 1. The summed E-state index contributed by atoms with van der Waals surface area (Å²) in [4.78, 5) is 12.3. The number of amides is 1. The average molecular weight is 318 g/mol. The van der Waals surface area contributed by atoms with Gasteiger partial charge in [-0.05, 0) is 30.7 Å². The molecule has 1 N–H and O–H groups in total. The first-order valence-electron chi connectivity index (χ1n) is 6.64. The van der Waals surface area contributed by atoms with E-state index in [0.29, 0.717) is 16.5 Å². The van der Waals surface area contributed by atoms with Gasteiger partial charge in [0.15, 0.2) is 0 Å². The molecule has 0 unspecified atom stereocenters. The van der Waals surface area contributed by atoms with Gasteiger partial charge in [0.1, 0.15) is 12.0 Å². The first kappa shape index (κ1) is 15.9. The van der Waals surface area contributed by atoms with Gasteiger partial charge in [0.2, 0.25) is 5.76 Å². The van der Waals surface area contributed by atoms with Crippen molar-refractivity contribution in [3.05, 3.63) is 71.1 Å². The summed E-state index contributed by atoms with van der Waals surface area (Å²) in [6.45, 7) is 1.89. The van der Waals surface area contributed by atoms with Crippen LogP contribution >= 0.6 is 11.6 Å². The molecule has 0 aromatic heterocycles. The van der Waals surface area contributed by atoms with Crippen molar-refractivity contribution in [1.29, 1.82) is 0 Å². The Balaban J connectivity index is 2.18. The number of hydrogen-bond acceptors (Lipinski definition) is 3. The highest BCUT2D eigenvalue weighted by molar-refractivity contribution is 6.33. The Kier molecular flexibility index (Phi) is 5.44. The highest BCUT2D eigenvalue weighted by Gasteiger charge is 2.15. The van der Waals surface area contributed by atoms with Crippen LogP contribution in [0.15, 0.2) is 60.6 Å². The molecule has 0 heterocycles. The number of anilines is 1. The summed E-state index contributed by atoms with van der Waals surface area (Å²) in [7, 11) is 1.45. The standard InChI is InChI=1S/C17H16ClNO3/c1-12-7-3-6-10-15(12)22-16(11-21-2)17(20)19-14-9-5-4-8-13(14)18/h3-11H,1-2H3,(H,19,20)/b16-11-. The Labute approximate surface area is 134 Å². The van der Waals surface area contributed by atoms with Crippen molar-refractivity contribution in [2.75, 3.05) is 12.4 Å². The monoisotopic (exact) mass is 317 g/mol. The number of carbonyl (C=O) groups is 1. The van der Waals surface area contributed by atoms with Gasteiger partial charge < -0.3 is 14.8 Å². The third-order valence-corrected chi connectivity index (χ3v) is 3.21. The second-order valence-corrected chi connectivity index (χ2v) is 4.93. The summed E-state index contributed by atoms with van der Waals surface area (Å²) in [6.07, 6.45) is 1.25. The van der Waals surface area contributed by atoms with Gasteiger partial charge in [-0.15, -0.1) is 0 Å². The lowest BCUT2D eigenvalue weighted by Crippen LogP contribution is -2.19. The molecule has 5 heteroatoms. The lowest BCUT2D eigenvalue weighted by Gasteiger charge is -2.12. The van der Waals surface area contributed by atoms with Crippen molar-refractivity contribution in [2.24, 2.45) is 0 Å². The first-order chi connectivity index (χ1) is 10.6. The van der Waals surface area contributed by atoms with E-state index in [1.54, 1.807) is 30.3 Å². The van der Waals surface area contributed by atoms with Crippen molar-refractivity contribution in [3.63, 3.8) is 0 Å². The van der Waals surface area contributed by atoms with E-state index in [-0.39, 0.29) is 5.76 Å². The fraction of sp³-hybridized carbons (Fsp3) is 0.118. The van der Waals surface area contributed by atoms with E-state index >= 15 is 0 Å². The van der Waals surface area contributed by atoms with Crippen LogP contribution in [-0.2, 0) is 9.53 Å². The zero-order valence-corrected chi connectivity index (χ0v) is 13.1. The van der Waals surface area contributed by atoms with Crippen LogP contribution in [0.5, 0.6) is 5.75 Å². The van der Waals surface area contributed by atoms with E-state index in [1.807, 2.05) is 25.1 Å². The highest BCUT2D eigenvalue weighted by Crippen LogP contribution is 2.23. The van der Waals surface area contributed by atoms with Crippen molar-refractivity contribution < 1.29 is 14.3 Å². The predicted molar refractivity (Wildman–Crippen MR) is 87.0 cm³/mol. The van der Waals surface area contributed by atoms with Gasteiger partial charge in [-0.25, -0.2) is 0 Å². The molecule has 0 fully saturated rings. The zero-order valence-electron chi connectivity index (χ0n) is 12.3. The molecular weight excluding hydrogens is 302 g/mol. The maximum absolute atomic E-state index is 12.3. The fourth-order valence-corrected chi connectivity index (χ4v) is 1.95. The number of ether oxygens (including phenoxy) is 2. The maximum atomic E-state index is 12.3. The van der Waals surface area contributed by atoms with Crippen LogP contribution in [-0.4, -0.2) is 13.0 Å². The van der Waals surface area contributed by atoms with E-state index in [2.05, 4.69) is 5.32 Å². The van der Waals surface area contributed by atoms with Crippen molar-refractivity contribution >= 4 is 23.2 Å². The molecule has 0 spiro atoms. The average Bonchev–Trinajstić information content (AvgIpc) is 2.51. The lowest BCUT2D eigenvalue weighted by molar-refractivity contribution is -0.115. The number of methoxy groups -OCH3 is 1. The van der Waals surface area contributed by atoms with Crippen LogP contribution in [0.3, 0.4) is 0 Å². The van der Waals surface area contributed by atoms with Gasteiger partial charge in [-0.3, -0.25) is 4.79 Å². The van der Waals surface area contributed by atoms with Crippen molar-refractivity contribution in [1.82, 2.24) is 0 Å². The van der Waals surface area contributed by atoms with E-state index in [4.69, 9.17) is 21.1 Å². The van der Waals surface area contributed by atoms with Gasteiger partial charge in [0.05, 0.1) is 17.8 Å². The van der Waals surface area contributed by atoms with Gasteiger partial charge in [-0.1, -0.05) is 41.9 Å². The number of rotatable bonds is 5. The van der Waals surface area contributed by atoms with Crippen LogP contribution in [0.1, 0.15) is 5.56 Å². The molecule has 114 valence electrons. The molecule has 0 bridgehead atoms. The minimum absolute atomic E-state index is 0.0386. The predicted octanol–water partition coefficient (Wildman–Crippen LogP) is 4.15. The molecule has 0 atom stereocenters. The van der Waals surface area contributed by atoms with Crippen LogP contribution in [0, 0.1) is 6.92 Å². The molecule has 0 aliphatic heterocycles. The van der Waals surface area contributed by atoms with E-state index in [9.17, 15) is 4.79 Å². The summed E-state index contributed by atoms with van der Waals surface area (Å²) in [6, 6.07) is 14.4. The lowest BCUT2D eigenvalue weighted by atomic mass is 10.2. The Bertz CT molecular complexity index is 698. The first-order valence-corrected chi connectivity index (χ1v) is 7.02. The fourth-order valence-electron chi connectivity index (χ4n) is 1.77. The van der Waals surface area contributed by atoms with Crippen molar-refractivity contribution in [2.45, 2.75) is 6.92 Å². The van der Waals surface area contributed by atoms with Crippen LogP contribution in [0.25, 0.3) is 0 Å². The van der Waals surface area contributed by atoms with E-state index < -0.39 is 5.91 Å². The van der Waals surface area contributed by atoms with Crippen molar-refractivity contribution in [3.8, 4) is 5.75 Å². The van der Waals surface area contributed by atoms with E-state index in [0.717, 1.165) is 5.56 Å². The Hall–Kier alpha value is -2.46. The van der Waals surface area contributed by atoms with Gasteiger partial charge >= 0.3 is 0 Å². The van der Waals surface area contributed by atoms with Gasteiger partial charge in [-0.2, -0.15) is 0 Å². The molecule has 4 nitrogen and oxygen atoms in total. The van der Waals surface area contributed by atoms with Crippen LogP contribution in [0.2, 0.25) is 5.02 Å². The topological polar surface area (TPSA) is 47.6 Å². The minimum atomic E-state index is -0.446. The summed E-state index contributed by atoms with van der Waals surface area (Å²) >= 11 is 6.03. The molecular formula is C17H16ClNO3. The SMILES string of the molecule is CO/C=C(\Oc1ccccc1C)C(=O)Nc1ccccc1Cl. The van der Waals surface area contributed by atoms with Gasteiger partial charge in [0, 0.05) is 0 Å². The van der Waals surface area contributed by atoms with Crippen LogP contribution < -0.4 is 10.1 Å². The molecule has 2 aromatic carbocycles. The molecule has 0 saturated carbocycles. The smallest absolute Gasteiger partial charge is 0.294 e. The minimum Gasteiger partial charge on any atom is -0.500 e. The number of aryl methyl sites for hydroxylation is 1. The third-order valence-electron chi connectivity index (χ3n) is 2.88. The molecule has 0 radical (unpaired) electrons. The number of nitrogens with one attached hydrogen (secondary N) is 1. The number of benzene rings is 2. The zero-order chi connectivity index (χ0) is 15.9. The second kappa shape index (κ2) is 7.52. The van der Waals surface area contributed by atoms with Crippen LogP contribution in [0.4, 0.5) is 5.69 Å². The quantitative estimate of drug-likeness (QED) is 0.665. The number of hydrogen-bond donors (Lipinski definition) is 1. The molecule has 2 rings (SSSR count). The largest absolute Gasteiger partial charge is 0.500 e. The Morgan fingerprint density at radius 1 is 1.14 bits per heavy atom. The second-order valence-electron chi connectivity index (χ2n) is 4.52. The molecule has 0 saturated heterocycles. The third kappa shape index (κ3) is 4.02. The summed E-state index contributed by atoms with van der Waals surface area (Å²) in [5, 5.41) is 3.14. The Morgan fingerprint density at radius 2 is 1.82 bits per heavy atom. The molecule has 2 aromatic rings.